The molecule has 94 valence electrons. The third-order valence-corrected chi connectivity index (χ3v) is 3.18. The number of amides is 1. The Labute approximate surface area is 115 Å². The van der Waals surface area contributed by atoms with Gasteiger partial charge in [-0.2, -0.15) is 5.26 Å². The Hall–Kier alpha value is -2.32. The second-order valence-corrected chi connectivity index (χ2v) is 4.87. The number of nitriles is 1. The minimum absolute atomic E-state index is 0.0937. The molecule has 0 spiro atoms. The Morgan fingerprint density at radius 1 is 1.26 bits per heavy atom. The predicted molar refractivity (Wildman–Crippen MR) is 73.8 cm³/mol. The van der Waals surface area contributed by atoms with Crippen LogP contribution in [0.2, 0.25) is 0 Å². The topological polar surface area (TPSA) is 65.8 Å². The molecule has 19 heavy (non-hydrogen) atoms. The Kier molecular flexibility index (Phi) is 4.16. The van der Waals surface area contributed by atoms with E-state index in [0.717, 1.165) is 15.6 Å². The Morgan fingerprint density at radius 2 is 2.00 bits per heavy atom. The minimum atomic E-state index is -0.0937. The summed E-state index contributed by atoms with van der Waals surface area (Å²) in [6.07, 6.45) is 0. The molecule has 0 aliphatic heterocycles. The molecule has 0 aliphatic carbocycles. The summed E-state index contributed by atoms with van der Waals surface area (Å²) in [4.78, 5) is 16.1. The van der Waals surface area contributed by atoms with Gasteiger partial charge >= 0.3 is 0 Å². The van der Waals surface area contributed by atoms with Crippen LogP contribution in [0, 0.1) is 11.3 Å². The number of hydrogen-bond acceptors (Lipinski definition) is 4. The molecule has 0 saturated carbocycles. The predicted octanol–water partition coefficient (Wildman–Crippen LogP) is 3.06. The number of anilines is 1. The van der Waals surface area contributed by atoms with Crippen LogP contribution >= 0.6 is 11.8 Å². The van der Waals surface area contributed by atoms with E-state index < -0.39 is 0 Å². The van der Waals surface area contributed by atoms with Crippen molar-refractivity contribution in [2.24, 2.45) is 0 Å². The van der Waals surface area contributed by atoms with Crippen LogP contribution in [0.1, 0.15) is 12.6 Å². The third kappa shape index (κ3) is 3.83. The van der Waals surface area contributed by atoms with Crippen LogP contribution in [0.3, 0.4) is 0 Å². The first-order chi connectivity index (χ1) is 9.17. The molecular formula is C14H11N3OS. The van der Waals surface area contributed by atoms with Crippen LogP contribution < -0.4 is 5.32 Å². The molecule has 0 saturated heterocycles. The van der Waals surface area contributed by atoms with Crippen molar-refractivity contribution in [3.63, 3.8) is 0 Å². The average Bonchev–Trinajstić information content (AvgIpc) is 2.41. The maximum atomic E-state index is 10.9. The molecule has 2 rings (SSSR count). The van der Waals surface area contributed by atoms with Crippen molar-refractivity contribution < 1.29 is 4.79 Å². The van der Waals surface area contributed by atoms with Gasteiger partial charge in [0.2, 0.25) is 5.91 Å². The lowest BCUT2D eigenvalue weighted by Crippen LogP contribution is -2.05. The highest BCUT2D eigenvalue weighted by Gasteiger charge is 2.01. The van der Waals surface area contributed by atoms with E-state index in [1.165, 1.54) is 18.7 Å². The van der Waals surface area contributed by atoms with Gasteiger partial charge in [0, 0.05) is 17.5 Å². The van der Waals surface area contributed by atoms with Crippen LogP contribution in [0.15, 0.2) is 52.4 Å². The number of pyridine rings is 1. The highest BCUT2D eigenvalue weighted by atomic mass is 32.2. The Balaban J connectivity index is 2.11. The quantitative estimate of drug-likeness (QED) is 0.930. The summed E-state index contributed by atoms with van der Waals surface area (Å²) in [7, 11) is 0. The molecule has 0 atom stereocenters. The summed E-state index contributed by atoms with van der Waals surface area (Å²) >= 11 is 1.47. The normalized spacial score (nSPS) is 9.68. The van der Waals surface area contributed by atoms with Crippen LogP contribution in [0.25, 0.3) is 0 Å². The Morgan fingerprint density at radius 3 is 2.63 bits per heavy atom. The monoisotopic (exact) mass is 269 g/mol. The summed E-state index contributed by atoms with van der Waals surface area (Å²) in [5.41, 5.74) is 1.16. The zero-order chi connectivity index (χ0) is 13.7. The number of nitrogens with one attached hydrogen (secondary N) is 1. The molecule has 1 aromatic carbocycles. The smallest absolute Gasteiger partial charge is 0.221 e. The molecule has 1 amide bonds. The molecule has 5 heteroatoms. The molecule has 0 radical (unpaired) electrons. The maximum absolute atomic E-state index is 10.9. The summed E-state index contributed by atoms with van der Waals surface area (Å²) in [6, 6.07) is 14.8. The number of hydrogen-bond donors (Lipinski definition) is 1. The summed E-state index contributed by atoms with van der Waals surface area (Å²) in [5, 5.41) is 12.3. The lowest BCUT2D eigenvalue weighted by molar-refractivity contribution is -0.114. The first-order valence-electron chi connectivity index (χ1n) is 5.60. The van der Waals surface area contributed by atoms with Crippen LogP contribution in [0.4, 0.5) is 5.69 Å². The van der Waals surface area contributed by atoms with Gasteiger partial charge in [-0.15, -0.1) is 0 Å². The van der Waals surface area contributed by atoms with E-state index in [4.69, 9.17) is 5.26 Å². The molecule has 0 unspecified atom stereocenters. The number of carbonyl (C=O) groups excluding carboxylic acids is 1. The number of rotatable bonds is 3. The standard InChI is InChI=1S/C14H11N3OS/c1-10(18)16-11-5-7-13(8-6-11)19-14-4-2-3-12(9-15)17-14/h2-8H,1H3,(H,16,18). The fourth-order valence-electron chi connectivity index (χ4n) is 1.46. The molecule has 2 aromatic rings. The van der Waals surface area contributed by atoms with Gasteiger partial charge in [0.15, 0.2) is 0 Å². The highest BCUT2D eigenvalue weighted by Crippen LogP contribution is 2.27. The second kappa shape index (κ2) is 6.03. The van der Waals surface area contributed by atoms with E-state index in [1.54, 1.807) is 12.1 Å². The van der Waals surface area contributed by atoms with Gasteiger partial charge in [0.05, 0.1) is 0 Å². The van der Waals surface area contributed by atoms with Crippen LogP contribution in [0.5, 0.6) is 0 Å². The van der Waals surface area contributed by atoms with Crippen molar-refractivity contribution >= 4 is 23.4 Å². The van der Waals surface area contributed by atoms with E-state index in [1.807, 2.05) is 36.4 Å². The van der Waals surface area contributed by atoms with Gasteiger partial charge in [0.25, 0.3) is 0 Å². The van der Waals surface area contributed by atoms with E-state index in [2.05, 4.69) is 10.3 Å². The minimum Gasteiger partial charge on any atom is -0.326 e. The van der Waals surface area contributed by atoms with Crippen molar-refractivity contribution in [2.75, 3.05) is 5.32 Å². The number of nitrogens with zero attached hydrogens (tertiary/aromatic N) is 2. The molecule has 0 fully saturated rings. The van der Waals surface area contributed by atoms with Crippen molar-refractivity contribution in [3.05, 3.63) is 48.2 Å². The van der Waals surface area contributed by atoms with Gasteiger partial charge in [-0.05, 0) is 36.4 Å². The average molecular weight is 269 g/mol. The summed E-state index contributed by atoms with van der Waals surface area (Å²) in [6.45, 7) is 1.47. The zero-order valence-corrected chi connectivity index (χ0v) is 11.1. The first kappa shape index (κ1) is 13.1. The maximum Gasteiger partial charge on any atom is 0.221 e. The molecule has 1 N–H and O–H groups in total. The molecule has 1 aromatic heterocycles. The lowest BCUT2D eigenvalue weighted by atomic mass is 10.3. The van der Waals surface area contributed by atoms with Gasteiger partial charge in [-0.1, -0.05) is 17.8 Å². The van der Waals surface area contributed by atoms with E-state index in [-0.39, 0.29) is 5.91 Å². The largest absolute Gasteiger partial charge is 0.326 e. The third-order valence-electron chi connectivity index (χ3n) is 2.24. The SMILES string of the molecule is CC(=O)Nc1ccc(Sc2cccc(C#N)n2)cc1. The van der Waals surface area contributed by atoms with Crippen LogP contribution in [-0.2, 0) is 4.79 Å². The fourth-order valence-corrected chi connectivity index (χ4v) is 2.27. The van der Waals surface area contributed by atoms with E-state index in [0.29, 0.717) is 5.69 Å². The van der Waals surface area contributed by atoms with E-state index in [9.17, 15) is 4.79 Å². The van der Waals surface area contributed by atoms with Crippen LogP contribution in [-0.4, -0.2) is 10.9 Å². The number of aromatic nitrogens is 1. The second-order valence-electron chi connectivity index (χ2n) is 3.78. The lowest BCUT2D eigenvalue weighted by Gasteiger charge is -2.04. The molecule has 0 bridgehead atoms. The zero-order valence-electron chi connectivity index (χ0n) is 10.3. The molecular weight excluding hydrogens is 258 g/mol. The summed E-state index contributed by atoms with van der Waals surface area (Å²) < 4.78 is 0. The molecule has 0 aliphatic rings. The summed E-state index contributed by atoms with van der Waals surface area (Å²) in [5.74, 6) is -0.0937. The van der Waals surface area contributed by atoms with Gasteiger partial charge in [-0.25, -0.2) is 4.98 Å². The van der Waals surface area contributed by atoms with Gasteiger partial charge < -0.3 is 5.32 Å². The highest BCUT2D eigenvalue weighted by molar-refractivity contribution is 7.99. The first-order valence-corrected chi connectivity index (χ1v) is 6.42. The molecule has 4 nitrogen and oxygen atoms in total. The van der Waals surface area contributed by atoms with E-state index >= 15 is 0 Å². The van der Waals surface area contributed by atoms with Crippen molar-refractivity contribution in [2.45, 2.75) is 16.8 Å². The van der Waals surface area contributed by atoms with Gasteiger partial charge in [0.1, 0.15) is 16.8 Å². The number of carbonyl (C=O) groups is 1. The Bertz CT molecular complexity index is 632. The number of benzene rings is 1. The fraction of sp³-hybridized carbons (Fsp3) is 0.0714. The van der Waals surface area contributed by atoms with Crippen molar-refractivity contribution in [1.29, 1.82) is 5.26 Å². The molecule has 1 heterocycles. The van der Waals surface area contributed by atoms with Crippen molar-refractivity contribution in [3.8, 4) is 6.07 Å². The van der Waals surface area contributed by atoms with Crippen molar-refractivity contribution in [1.82, 2.24) is 4.98 Å². The van der Waals surface area contributed by atoms with Gasteiger partial charge in [-0.3, -0.25) is 4.79 Å².